The van der Waals surface area contributed by atoms with Crippen molar-refractivity contribution in [1.82, 2.24) is 9.88 Å². The zero-order valence-electron chi connectivity index (χ0n) is 9.10. The van der Waals surface area contributed by atoms with Crippen LogP contribution < -0.4 is 5.32 Å². The van der Waals surface area contributed by atoms with Gasteiger partial charge in [-0.25, -0.2) is 0 Å². The Bertz CT molecular complexity index is 504. The first-order valence-corrected chi connectivity index (χ1v) is 5.95. The lowest BCUT2D eigenvalue weighted by atomic mass is 10.3. The SMILES string of the molecule is Cn1ccc(CNCc2cc(C#N)cs2)c1. The largest absolute Gasteiger partial charge is 0.357 e. The van der Waals surface area contributed by atoms with E-state index in [2.05, 4.69) is 23.6 Å². The highest BCUT2D eigenvalue weighted by Gasteiger charge is 1.99. The van der Waals surface area contributed by atoms with Crippen molar-refractivity contribution >= 4 is 11.3 Å². The van der Waals surface area contributed by atoms with Gasteiger partial charge in [0.1, 0.15) is 6.07 Å². The maximum absolute atomic E-state index is 8.69. The molecule has 0 aromatic carbocycles. The van der Waals surface area contributed by atoms with Gasteiger partial charge >= 0.3 is 0 Å². The van der Waals surface area contributed by atoms with Gasteiger partial charge in [0, 0.05) is 42.8 Å². The molecule has 2 aromatic rings. The van der Waals surface area contributed by atoms with E-state index in [9.17, 15) is 0 Å². The molecular weight excluding hydrogens is 218 g/mol. The van der Waals surface area contributed by atoms with Gasteiger partial charge in [-0.05, 0) is 17.7 Å². The van der Waals surface area contributed by atoms with Crippen LogP contribution in [-0.2, 0) is 20.1 Å². The lowest BCUT2D eigenvalue weighted by Gasteiger charge is -2.00. The van der Waals surface area contributed by atoms with E-state index < -0.39 is 0 Å². The number of thiophene rings is 1. The minimum Gasteiger partial charge on any atom is -0.357 e. The molecule has 0 aliphatic carbocycles. The van der Waals surface area contributed by atoms with Gasteiger partial charge in [0.15, 0.2) is 0 Å². The summed E-state index contributed by atoms with van der Waals surface area (Å²) in [4.78, 5) is 1.20. The van der Waals surface area contributed by atoms with Crippen molar-refractivity contribution in [2.24, 2.45) is 7.05 Å². The molecule has 0 bridgehead atoms. The van der Waals surface area contributed by atoms with Crippen molar-refractivity contribution in [3.8, 4) is 6.07 Å². The summed E-state index contributed by atoms with van der Waals surface area (Å²) >= 11 is 1.62. The molecule has 4 heteroatoms. The highest BCUT2D eigenvalue weighted by atomic mass is 32.1. The first-order chi connectivity index (χ1) is 7.78. The number of hydrogen-bond acceptors (Lipinski definition) is 3. The van der Waals surface area contributed by atoms with Gasteiger partial charge in [0.05, 0.1) is 5.56 Å². The predicted octanol–water partition coefficient (Wildman–Crippen LogP) is 2.25. The predicted molar refractivity (Wildman–Crippen MR) is 65.0 cm³/mol. The van der Waals surface area contributed by atoms with Gasteiger partial charge < -0.3 is 9.88 Å². The monoisotopic (exact) mass is 231 g/mol. The third-order valence-corrected chi connectivity index (χ3v) is 3.24. The van der Waals surface area contributed by atoms with Crippen LogP contribution in [0.1, 0.15) is 16.0 Å². The van der Waals surface area contributed by atoms with Gasteiger partial charge in [-0.1, -0.05) is 0 Å². The third-order valence-electron chi connectivity index (χ3n) is 2.30. The summed E-state index contributed by atoms with van der Waals surface area (Å²) in [6.45, 7) is 1.68. The number of nitrogens with zero attached hydrogens (tertiary/aromatic N) is 2. The lowest BCUT2D eigenvalue weighted by molar-refractivity contribution is 0.699. The molecule has 2 aromatic heterocycles. The molecule has 2 heterocycles. The fourth-order valence-corrected chi connectivity index (χ4v) is 2.31. The number of hydrogen-bond donors (Lipinski definition) is 1. The Morgan fingerprint density at radius 3 is 3.00 bits per heavy atom. The maximum atomic E-state index is 8.69. The fourth-order valence-electron chi connectivity index (χ4n) is 1.53. The third kappa shape index (κ3) is 2.72. The molecule has 3 nitrogen and oxygen atoms in total. The van der Waals surface area contributed by atoms with Crippen molar-refractivity contribution in [2.45, 2.75) is 13.1 Å². The van der Waals surface area contributed by atoms with Gasteiger partial charge in [0.25, 0.3) is 0 Å². The summed E-state index contributed by atoms with van der Waals surface area (Å²) in [5.74, 6) is 0. The van der Waals surface area contributed by atoms with E-state index in [0.717, 1.165) is 18.7 Å². The minimum absolute atomic E-state index is 0.751. The number of nitrogens with one attached hydrogen (secondary N) is 1. The number of aromatic nitrogens is 1. The van der Waals surface area contributed by atoms with Crippen LogP contribution in [0.2, 0.25) is 0 Å². The van der Waals surface area contributed by atoms with Crippen LogP contribution >= 0.6 is 11.3 Å². The zero-order chi connectivity index (χ0) is 11.4. The topological polar surface area (TPSA) is 40.8 Å². The summed E-state index contributed by atoms with van der Waals surface area (Å²) in [7, 11) is 2.02. The van der Waals surface area contributed by atoms with E-state index in [1.807, 2.05) is 29.3 Å². The van der Waals surface area contributed by atoms with Crippen LogP contribution in [0, 0.1) is 11.3 Å². The fraction of sp³-hybridized carbons (Fsp3) is 0.250. The van der Waals surface area contributed by atoms with Gasteiger partial charge in [-0.15, -0.1) is 11.3 Å². The Morgan fingerprint density at radius 2 is 2.38 bits per heavy atom. The number of rotatable bonds is 4. The highest BCUT2D eigenvalue weighted by molar-refractivity contribution is 7.10. The van der Waals surface area contributed by atoms with E-state index in [4.69, 9.17) is 5.26 Å². The normalized spacial score (nSPS) is 10.2. The Labute approximate surface area is 99.0 Å². The maximum Gasteiger partial charge on any atom is 0.100 e. The van der Waals surface area contributed by atoms with Crippen molar-refractivity contribution in [1.29, 1.82) is 5.26 Å². The average molecular weight is 231 g/mol. The van der Waals surface area contributed by atoms with Gasteiger partial charge in [-0.2, -0.15) is 5.26 Å². The zero-order valence-corrected chi connectivity index (χ0v) is 9.92. The second-order valence-corrected chi connectivity index (χ2v) is 4.70. The van der Waals surface area contributed by atoms with Crippen LogP contribution in [0.5, 0.6) is 0 Å². The van der Waals surface area contributed by atoms with Crippen molar-refractivity contribution in [3.05, 3.63) is 45.9 Å². The summed E-state index contributed by atoms with van der Waals surface area (Å²) in [6.07, 6.45) is 4.14. The minimum atomic E-state index is 0.751. The molecule has 0 unspecified atom stereocenters. The quantitative estimate of drug-likeness (QED) is 0.876. The van der Waals surface area contributed by atoms with Crippen LogP contribution in [0.15, 0.2) is 29.9 Å². The lowest BCUT2D eigenvalue weighted by Crippen LogP contribution is -2.11. The van der Waals surface area contributed by atoms with Crippen LogP contribution in [0.3, 0.4) is 0 Å². The molecule has 0 saturated heterocycles. The molecule has 0 amide bonds. The van der Waals surface area contributed by atoms with E-state index in [1.54, 1.807) is 11.3 Å². The van der Waals surface area contributed by atoms with E-state index in [-0.39, 0.29) is 0 Å². The Morgan fingerprint density at radius 1 is 1.50 bits per heavy atom. The molecule has 0 radical (unpaired) electrons. The molecule has 0 atom stereocenters. The molecule has 1 N–H and O–H groups in total. The number of nitriles is 1. The second kappa shape index (κ2) is 4.97. The van der Waals surface area contributed by atoms with Gasteiger partial charge in [0.2, 0.25) is 0 Å². The van der Waals surface area contributed by atoms with E-state index in [1.165, 1.54) is 10.4 Å². The van der Waals surface area contributed by atoms with Crippen molar-refractivity contribution in [3.63, 3.8) is 0 Å². The Kier molecular flexibility index (Phi) is 3.40. The molecule has 82 valence electrons. The molecule has 16 heavy (non-hydrogen) atoms. The molecular formula is C12H13N3S. The Balaban J connectivity index is 1.82. The standard InChI is InChI=1S/C12H13N3S/c1-15-3-2-10(8-15)6-14-7-12-4-11(5-13)9-16-12/h2-4,8-9,14H,6-7H2,1H3. The second-order valence-electron chi connectivity index (χ2n) is 3.70. The summed E-state index contributed by atoms with van der Waals surface area (Å²) in [5, 5.41) is 13.9. The van der Waals surface area contributed by atoms with Crippen molar-refractivity contribution in [2.75, 3.05) is 0 Å². The van der Waals surface area contributed by atoms with Crippen LogP contribution in [0.25, 0.3) is 0 Å². The average Bonchev–Trinajstić information content (AvgIpc) is 2.88. The van der Waals surface area contributed by atoms with Gasteiger partial charge in [-0.3, -0.25) is 0 Å². The van der Waals surface area contributed by atoms with Crippen LogP contribution in [0.4, 0.5) is 0 Å². The Hall–Kier alpha value is -1.57. The molecule has 0 spiro atoms. The summed E-state index contributed by atoms with van der Waals surface area (Å²) in [5.41, 5.74) is 2.03. The van der Waals surface area contributed by atoms with Crippen LogP contribution in [-0.4, -0.2) is 4.57 Å². The molecule has 0 fully saturated rings. The molecule has 0 aliphatic rings. The molecule has 0 aliphatic heterocycles. The first-order valence-electron chi connectivity index (χ1n) is 5.07. The highest BCUT2D eigenvalue weighted by Crippen LogP contribution is 2.13. The molecule has 2 rings (SSSR count). The van der Waals surface area contributed by atoms with Crippen molar-refractivity contribution < 1.29 is 0 Å². The molecule has 0 saturated carbocycles. The first kappa shape index (κ1) is 10.9. The van der Waals surface area contributed by atoms with E-state index in [0.29, 0.717) is 0 Å². The van der Waals surface area contributed by atoms with E-state index >= 15 is 0 Å². The summed E-state index contributed by atoms with van der Waals surface area (Å²) < 4.78 is 2.04. The smallest absolute Gasteiger partial charge is 0.100 e. The number of aryl methyl sites for hydroxylation is 1. The summed E-state index contributed by atoms with van der Waals surface area (Å²) in [6, 6.07) is 6.17.